The van der Waals surface area contributed by atoms with Crippen LogP contribution in [0, 0.1) is 12.3 Å². The summed E-state index contributed by atoms with van der Waals surface area (Å²) in [6.07, 6.45) is 5.24. The lowest BCUT2D eigenvalue weighted by molar-refractivity contribution is 0.103. The van der Waals surface area contributed by atoms with Crippen molar-refractivity contribution in [1.29, 1.82) is 0 Å². The molecule has 1 aliphatic rings. The number of carbonyl (C=O) groups excluding carboxylic acids is 1. The standard InChI is InChI=1S/C14H10N2O/c1-2-8-15-11-6-7-12-13-9(11)4-3-5-10(13)14(17)16-12/h1,3-7,15H,8H2,(H,16,17). The van der Waals surface area contributed by atoms with Gasteiger partial charge in [-0.2, -0.15) is 0 Å². The van der Waals surface area contributed by atoms with E-state index in [1.165, 1.54) is 0 Å². The highest BCUT2D eigenvalue weighted by atomic mass is 16.1. The van der Waals surface area contributed by atoms with Crippen molar-refractivity contribution in [3.8, 4) is 12.3 Å². The molecule has 2 aromatic carbocycles. The van der Waals surface area contributed by atoms with Gasteiger partial charge in [-0.3, -0.25) is 4.79 Å². The highest BCUT2D eigenvalue weighted by molar-refractivity contribution is 6.25. The Balaban J connectivity index is 2.26. The summed E-state index contributed by atoms with van der Waals surface area (Å²) in [6.45, 7) is 0.472. The third kappa shape index (κ3) is 1.35. The molecule has 82 valence electrons. The molecule has 0 radical (unpaired) electrons. The van der Waals surface area contributed by atoms with Gasteiger partial charge in [0.25, 0.3) is 5.91 Å². The molecular formula is C14H10N2O. The Morgan fingerprint density at radius 3 is 3.00 bits per heavy atom. The molecule has 1 heterocycles. The van der Waals surface area contributed by atoms with Crippen LogP contribution in [0.2, 0.25) is 0 Å². The number of carbonyl (C=O) groups is 1. The molecule has 0 atom stereocenters. The summed E-state index contributed by atoms with van der Waals surface area (Å²) >= 11 is 0. The molecule has 0 spiro atoms. The number of nitrogens with one attached hydrogen (secondary N) is 2. The van der Waals surface area contributed by atoms with E-state index in [4.69, 9.17) is 6.42 Å². The average Bonchev–Trinajstić information content (AvgIpc) is 2.68. The largest absolute Gasteiger partial charge is 0.374 e. The maximum atomic E-state index is 11.7. The molecule has 1 amide bonds. The van der Waals surface area contributed by atoms with E-state index in [0.29, 0.717) is 6.54 Å². The Labute approximate surface area is 98.8 Å². The van der Waals surface area contributed by atoms with E-state index in [1.54, 1.807) is 0 Å². The predicted octanol–water partition coefficient (Wildman–Crippen LogP) is 2.45. The Hall–Kier alpha value is -2.47. The first-order valence-electron chi connectivity index (χ1n) is 5.35. The Bertz CT molecular complexity index is 668. The zero-order valence-corrected chi connectivity index (χ0v) is 9.08. The van der Waals surface area contributed by atoms with Crippen molar-refractivity contribution in [1.82, 2.24) is 0 Å². The molecule has 3 rings (SSSR count). The number of hydrogen-bond donors (Lipinski definition) is 2. The van der Waals surface area contributed by atoms with Gasteiger partial charge in [0.05, 0.1) is 6.54 Å². The van der Waals surface area contributed by atoms with E-state index in [2.05, 4.69) is 16.6 Å². The van der Waals surface area contributed by atoms with Gasteiger partial charge in [-0.1, -0.05) is 18.1 Å². The fourth-order valence-electron chi connectivity index (χ4n) is 2.19. The second-order valence-electron chi connectivity index (χ2n) is 3.90. The molecule has 0 bridgehead atoms. The van der Waals surface area contributed by atoms with E-state index in [9.17, 15) is 4.79 Å². The number of rotatable bonds is 2. The van der Waals surface area contributed by atoms with Crippen molar-refractivity contribution < 1.29 is 4.79 Å². The Morgan fingerprint density at radius 1 is 1.29 bits per heavy atom. The van der Waals surface area contributed by atoms with E-state index < -0.39 is 0 Å². The van der Waals surface area contributed by atoms with Crippen LogP contribution in [0.3, 0.4) is 0 Å². The maximum Gasteiger partial charge on any atom is 0.256 e. The summed E-state index contributed by atoms with van der Waals surface area (Å²) in [5.74, 6) is 2.50. The van der Waals surface area contributed by atoms with Gasteiger partial charge in [0.1, 0.15) is 0 Å². The first-order valence-corrected chi connectivity index (χ1v) is 5.35. The van der Waals surface area contributed by atoms with E-state index in [1.807, 2.05) is 30.3 Å². The monoisotopic (exact) mass is 222 g/mol. The average molecular weight is 222 g/mol. The fourth-order valence-corrected chi connectivity index (χ4v) is 2.19. The van der Waals surface area contributed by atoms with Gasteiger partial charge in [-0.05, 0) is 18.2 Å². The van der Waals surface area contributed by atoms with Gasteiger partial charge in [0.15, 0.2) is 0 Å². The van der Waals surface area contributed by atoms with Gasteiger partial charge in [0, 0.05) is 27.7 Å². The van der Waals surface area contributed by atoms with Crippen LogP contribution in [0.5, 0.6) is 0 Å². The molecule has 1 aliphatic heterocycles. The molecule has 0 aromatic heterocycles. The van der Waals surface area contributed by atoms with Crippen molar-refractivity contribution in [2.75, 3.05) is 17.2 Å². The summed E-state index contributed by atoms with van der Waals surface area (Å²) in [7, 11) is 0. The third-order valence-corrected chi connectivity index (χ3v) is 2.91. The highest BCUT2D eigenvalue weighted by Crippen LogP contribution is 2.36. The molecule has 2 aromatic rings. The van der Waals surface area contributed by atoms with Gasteiger partial charge >= 0.3 is 0 Å². The van der Waals surface area contributed by atoms with E-state index in [-0.39, 0.29) is 5.91 Å². The molecule has 3 nitrogen and oxygen atoms in total. The summed E-state index contributed by atoms with van der Waals surface area (Å²) in [4.78, 5) is 11.7. The SMILES string of the molecule is C#CCNc1ccc2c3c(cccc13)C(=O)N2. The molecule has 0 unspecified atom stereocenters. The Morgan fingerprint density at radius 2 is 2.18 bits per heavy atom. The predicted molar refractivity (Wildman–Crippen MR) is 69.2 cm³/mol. The van der Waals surface area contributed by atoms with Crippen LogP contribution in [0.15, 0.2) is 30.3 Å². The van der Waals surface area contributed by atoms with Crippen LogP contribution < -0.4 is 10.6 Å². The van der Waals surface area contributed by atoms with Crippen molar-refractivity contribution in [2.24, 2.45) is 0 Å². The molecule has 17 heavy (non-hydrogen) atoms. The van der Waals surface area contributed by atoms with Crippen LogP contribution in [-0.4, -0.2) is 12.5 Å². The van der Waals surface area contributed by atoms with E-state index >= 15 is 0 Å². The molecule has 0 saturated heterocycles. The minimum atomic E-state index is -0.0419. The lowest BCUT2D eigenvalue weighted by atomic mass is 10.0. The molecule has 3 heteroatoms. The van der Waals surface area contributed by atoms with Crippen LogP contribution in [-0.2, 0) is 0 Å². The van der Waals surface area contributed by atoms with Gasteiger partial charge in [-0.25, -0.2) is 0 Å². The van der Waals surface area contributed by atoms with Crippen molar-refractivity contribution >= 4 is 28.1 Å². The van der Waals surface area contributed by atoms with Crippen molar-refractivity contribution in [3.05, 3.63) is 35.9 Å². The molecule has 0 fully saturated rings. The topological polar surface area (TPSA) is 41.1 Å². The number of benzene rings is 2. The zero-order valence-electron chi connectivity index (χ0n) is 9.08. The lowest BCUT2D eigenvalue weighted by Gasteiger charge is -2.08. The maximum absolute atomic E-state index is 11.7. The van der Waals surface area contributed by atoms with Crippen LogP contribution in [0.4, 0.5) is 11.4 Å². The normalized spacial score (nSPS) is 12.3. The summed E-state index contributed by atoms with van der Waals surface area (Å²) in [5, 5.41) is 8.00. The lowest BCUT2D eigenvalue weighted by Crippen LogP contribution is -2.03. The molecule has 2 N–H and O–H groups in total. The second kappa shape index (κ2) is 3.53. The number of anilines is 2. The van der Waals surface area contributed by atoms with Crippen LogP contribution in [0.1, 0.15) is 10.4 Å². The summed E-state index contributed by atoms with van der Waals surface area (Å²) < 4.78 is 0. The Kier molecular flexibility index (Phi) is 2.02. The smallest absolute Gasteiger partial charge is 0.256 e. The summed E-state index contributed by atoms with van der Waals surface area (Å²) in [6, 6.07) is 9.54. The minimum Gasteiger partial charge on any atom is -0.374 e. The third-order valence-electron chi connectivity index (χ3n) is 2.91. The highest BCUT2D eigenvalue weighted by Gasteiger charge is 2.21. The van der Waals surface area contributed by atoms with Crippen LogP contribution in [0.25, 0.3) is 10.8 Å². The molecular weight excluding hydrogens is 212 g/mol. The quantitative estimate of drug-likeness (QED) is 0.766. The number of terminal acetylenes is 1. The van der Waals surface area contributed by atoms with E-state index in [0.717, 1.165) is 27.7 Å². The first kappa shape index (κ1) is 9.73. The zero-order chi connectivity index (χ0) is 11.8. The second-order valence-corrected chi connectivity index (χ2v) is 3.90. The fraction of sp³-hybridized carbons (Fsp3) is 0.0714. The van der Waals surface area contributed by atoms with Gasteiger partial charge in [-0.15, -0.1) is 6.42 Å². The number of amides is 1. The van der Waals surface area contributed by atoms with Gasteiger partial charge in [0.2, 0.25) is 0 Å². The number of hydrogen-bond acceptors (Lipinski definition) is 2. The van der Waals surface area contributed by atoms with Crippen molar-refractivity contribution in [3.63, 3.8) is 0 Å². The first-order chi connectivity index (χ1) is 8.31. The van der Waals surface area contributed by atoms with Crippen LogP contribution >= 0.6 is 0 Å². The summed E-state index contributed by atoms with van der Waals surface area (Å²) in [5.41, 5.74) is 2.55. The van der Waals surface area contributed by atoms with Gasteiger partial charge < -0.3 is 10.6 Å². The molecule has 0 aliphatic carbocycles. The van der Waals surface area contributed by atoms with Crippen molar-refractivity contribution in [2.45, 2.75) is 0 Å². The molecule has 0 saturated carbocycles. The minimum absolute atomic E-state index is 0.0419.